The summed E-state index contributed by atoms with van der Waals surface area (Å²) in [5.74, 6) is 0. The van der Waals surface area contributed by atoms with Crippen LogP contribution >= 0.6 is 11.6 Å². The Morgan fingerprint density at radius 3 is 2.65 bits per heavy atom. The van der Waals surface area contributed by atoms with E-state index < -0.39 is 0 Å². The highest BCUT2D eigenvalue weighted by molar-refractivity contribution is 6.31. The monoisotopic (exact) mass is 337 g/mol. The normalized spacial score (nSPS) is 19.4. The molecule has 1 saturated carbocycles. The van der Waals surface area contributed by atoms with Crippen LogP contribution in [0.2, 0.25) is 5.02 Å². The van der Waals surface area contributed by atoms with E-state index in [0.717, 1.165) is 37.3 Å². The maximum absolute atomic E-state index is 12.3. The molecule has 0 spiro atoms. The summed E-state index contributed by atoms with van der Waals surface area (Å²) >= 11 is 6.12. The molecule has 0 radical (unpaired) electrons. The van der Waals surface area contributed by atoms with Gasteiger partial charge in [0.1, 0.15) is 0 Å². The Labute approximate surface area is 142 Å². The van der Waals surface area contributed by atoms with E-state index in [2.05, 4.69) is 15.5 Å². The summed E-state index contributed by atoms with van der Waals surface area (Å²) in [6.45, 7) is 3.05. The SMILES string of the molecule is O=C(Nc1cc(Cl)ccc1N1CCOCC1)NC1CCCCC1. The van der Waals surface area contributed by atoms with Crippen molar-refractivity contribution in [2.24, 2.45) is 0 Å². The molecule has 1 heterocycles. The number of nitrogens with zero attached hydrogens (tertiary/aromatic N) is 1. The van der Waals surface area contributed by atoms with Crippen molar-refractivity contribution in [3.8, 4) is 0 Å². The van der Waals surface area contributed by atoms with Gasteiger partial charge in [0, 0.05) is 24.2 Å². The number of morpholine rings is 1. The fourth-order valence-corrected chi connectivity index (χ4v) is 3.45. The minimum atomic E-state index is -0.145. The molecule has 23 heavy (non-hydrogen) atoms. The van der Waals surface area contributed by atoms with Crippen molar-refractivity contribution < 1.29 is 9.53 Å². The first-order valence-corrected chi connectivity index (χ1v) is 8.80. The largest absolute Gasteiger partial charge is 0.378 e. The van der Waals surface area contributed by atoms with Crippen molar-refractivity contribution in [3.63, 3.8) is 0 Å². The van der Waals surface area contributed by atoms with Gasteiger partial charge < -0.3 is 20.3 Å². The van der Waals surface area contributed by atoms with E-state index in [4.69, 9.17) is 16.3 Å². The molecule has 1 saturated heterocycles. The Kier molecular flexibility index (Phi) is 5.62. The lowest BCUT2D eigenvalue weighted by Crippen LogP contribution is -2.40. The van der Waals surface area contributed by atoms with Crippen molar-refractivity contribution in [1.82, 2.24) is 5.32 Å². The molecule has 1 aliphatic heterocycles. The van der Waals surface area contributed by atoms with Gasteiger partial charge in [-0.15, -0.1) is 0 Å². The van der Waals surface area contributed by atoms with E-state index in [9.17, 15) is 4.79 Å². The minimum absolute atomic E-state index is 0.145. The summed E-state index contributed by atoms with van der Waals surface area (Å²) < 4.78 is 5.40. The number of halogens is 1. The summed E-state index contributed by atoms with van der Waals surface area (Å²) in [5.41, 5.74) is 1.75. The third-order valence-electron chi connectivity index (χ3n) is 4.50. The standard InChI is InChI=1S/C17H24ClN3O2/c18-13-6-7-16(21-8-10-23-11-9-21)15(12-13)20-17(22)19-14-4-2-1-3-5-14/h6-7,12,14H,1-5,8-11H2,(H2,19,20,22). The quantitative estimate of drug-likeness (QED) is 0.885. The molecule has 2 N–H and O–H groups in total. The van der Waals surface area contributed by atoms with E-state index in [1.807, 2.05) is 18.2 Å². The maximum Gasteiger partial charge on any atom is 0.319 e. The van der Waals surface area contributed by atoms with Crippen LogP contribution in [0.1, 0.15) is 32.1 Å². The lowest BCUT2D eigenvalue weighted by atomic mass is 9.96. The van der Waals surface area contributed by atoms with Crippen LogP contribution in [0.15, 0.2) is 18.2 Å². The molecule has 0 aromatic heterocycles. The van der Waals surface area contributed by atoms with Crippen LogP contribution < -0.4 is 15.5 Å². The zero-order valence-corrected chi connectivity index (χ0v) is 14.1. The average Bonchev–Trinajstić information content (AvgIpc) is 2.56. The zero-order valence-electron chi connectivity index (χ0n) is 13.3. The second kappa shape index (κ2) is 7.88. The van der Waals surface area contributed by atoms with Crippen molar-refractivity contribution in [3.05, 3.63) is 23.2 Å². The lowest BCUT2D eigenvalue weighted by Gasteiger charge is -2.31. The molecule has 2 amide bonds. The molecule has 1 aliphatic carbocycles. The molecule has 0 bridgehead atoms. The minimum Gasteiger partial charge on any atom is -0.378 e. The number of urea groups is 1. The number of carbonyl (C=O) groups is 1. The Morgan fingerprint density at radius 2 is 1.91 bits per heavy atom. The Hall–Kier alpha value is -1.46. The summed E-state index contributed by atoms with van der Waals surface area (Å²) in [5, 5.41) is 6.68. The van der Waals surface area contributed by atoms with Crippen LogP contribution in [0.3, 0.4) is 0 Å². The number of carbonyl (C=O) groups excluding carboxylic acids is 1. The van der Waals surface area contributed by atoms with Gasteiger partial charge in [-0.3, -0.25) is 0 Å². The summed E-state index contributed by atoms with van der Waals surface area (Å²) in [4.78, 5) is 14.5. The molecule has 2 fully saturated rings. The second-order valence-electron chi connectivity index (χ2n) is 6.19. The number of anilines is 2. The van der Waals surface area contributed by atoms with Crippen LogP contribution in [0, 0.1) is 0 Å². The van der Waals surface area contributed by atoms with Crippen molar-refractivity contribution in [2.45, 2.75) is 38.1 Å². The fourth-order valence-electron chi connectivity index (χ4n) is 3.28. The highest BCUT2D eigenvalue weighted by atomic mass is 35.5. The Balaban J connectivity index is 1.67. The molecule has 0 unspecified atom stereocenters. The molecule has 2 aliphatic rings. The van der Waals surface area contributed by atoms with Crippen LogP contribution in [0.4, 0.5) is 16.2 Å². The lowest BCUT2D eigenvalue weighted by molar-refractivity contribution is 0.123. The molecule has 1 aromatic rings. The summed E-state index contributed by atoms with van der Waals surface area (Å²) in [7, 11) is 0. The maximum atomic E-state index is 12.3. The number of rotatable bonds is 3. The van der Waals surface area contributed by atoms with Crippen molar-refractivity contribution in [1.29, 1.82) is 0 Å². The van der Waals surface area contributed by atoms with Gasteiger partial charge in [0.25, 0.3) is 0 Å². The molecule has 126 valence electrons. The van der Waals surface area contributed by atoms with Crippen molar-refractivity contribution >= 4 is 29.0 Å². The van der Waals surface area contributed by atoms with E-state index >= 15 is 0 Å². The van der Waals surface area contributed by atoms with Gasteiger partial charge in [0.2, 0.25) is 0 Å². The van der Waals surface area contributed by atoms with Crippen LogP contribution in [0.25, 0.3) is 0 Å². The number of amides is 2. The van der Waals surface area contributed by atoms with Gasteiger partial charge in [0.15, 0.2) is 0 Å². The number of hydrogen-bond acceptors (Lipinski definition) is 3. The van der Waals surface area contributed by atoms with Crippen LogP contribution in [0.5, 0.6) is 0 Å². The molecular formula is C17H24ClN3O2. The number of ether oxygens (including phenoxy) is 1. The predicted molar refractivity (Wildman–Crippen MR) is 93.5 cm³/mol. The number of benzene rings is 1. The molecule has 6 heteroatoms. The Morgan fingerprint density at radius 1 is 1.17 bits per heavy atom. The first-order valence-electron chi connectivity index (χ1n) is 8.42. The highest BCUT2D eigenvalue weighted by Gasteiger charge is 2.19. The van der Waals surface area contributed by atoms with Crippen molar-refractivity contribution in [2.75, 3.05) is 36.5 Å². The second-order valence-corrected chi connectivity index (χ2v) is 6.63. The summed E-state index contributed by atoms with van der Waals surface area (Å²) in [6.07, 6.45) is 5.80. The van der Waals surface area contributed by atoms with Gasteiger partial charge in [0.05, 0.1) is 24.6 Å². The highest BCUT2D eigenvalue weighted by Crippen LogP contribution is 2.30. The molecular weight excluding hydrogens is 314 g/mol. The molecule has 5 nitrogen and oxygen atoms in total. The van der Waals surface area contributed by atoms with E-state index in [1.54, 1.807) is 0 Å². The van der Waals surface area contributed by atoms with Gasteiger partial charge in [-0.25, -0.2) is 4.79 Å². The summed E-state index contributed by atoms with van der Waals surface area (Å²) in [6, 6.07) is 5.77. The first kappa shape index (κ1) is 16.4. The van der Waals surface area contributed by atoms with Gasteiger partial charge in [-0.1, -0.05) is 30.9 Å². The number of hydrogen-bond donors (Lipinski definition) is 2. The zero-order chi connectivity index (χ0) is 16.1. The molecule has 0 atom stereocenters. The average molecular weight is 338 g/mol. The molecule has 3 rings (SSSR count). The predicted octanol–water partition coefficient (Wildman–Crippen LogP) is 3.63. The number of nitrogens with one attached hydrogen (secondary N) is 2. The first-order chi connectivity index (χ1) is 11.2. The topological polar surface area (TPSA) is 53.6 Å². The fraction of sp³-hybridized carbons (Fsp3) is 0.588. The smallest absolute Gasteiger partial charge is 0.319 e. The van der Waals surface area contributed by atoms with E-state index in [0.29, 0.717) is 18.2 Å². The van der Waals surface area contributed by atoms with Gasteiger partial charge >= 0.3 is 6.03 Å². The van der Waals surface area contributed by atoms with Gasteiger partial charge in [-0.05, 0) is 31.0 Å². The molecule has 1 aromatic carbocycles. The van der Waals surface area contributed by atoms with Crippen LogP contribution in [-0.2, 0) is 4.74 Å². The van der Waals surface area contributed by atoms with Crippen LogP contribution in [-0.4, -0.2) is 38.4 Å². The third-order valence-corrected chi connectivity index (χ3v) is 4.73. The van der Waals surface area contributed by atoms with E-state index in [-0.39, 0.29) is 12.1 Å². The Bertz CT molecular complexity index is 541. The van der Waals surface area contributed by atoms with Gasteiger partial charge in [-0.2, -0.15) is 0 Å². The van der Waals surface area contributed by atoms with E-state index in [1.165, 1.54) is 19.3 Å². The third kappa shape index (κ3) is 4.52.